The van der Waals surface area contributed by atoms with Crippen LogP contribution in [0.2, 0.25) is 0 Å². The van der Waals surface area contributed by atoms with Crippen molar-refractivity contribution in [2.24, 2.45) is 0 Å². The topological polar surface area (TPSA) is 112 Å². The quantitative estimate of drug-likeness (QED) is 0.421. The Bertz CT molecular complexity index is 1220. The lowest BCUT2D eigenvalue weighted by Gasteiger charge is -2.28. The van der Waals surface area contributed by atoms with E-state index in [1.807, 2.05) is 0 Å². The number of carbonyl (C=O) groups excluding carboxylic acids is 2. The van der Waals surface area contributed by atoms with Crippen molar-refractivity contribution in [3.63, 3.8) is 0 Å². The first-order chi connectivity index (χ1) is 17.6. The van der Waals surface area contributed by atoms with E-state index in [2.05, 4.69) is 20.6 Å². The lowest BCUT2D eigenvalue weighted by Crippen LogP contribution is -2.59. The van der Waals surface area contributed by atoms with Crippen LogP contribution in [0.25, 0.3) is 0 Å². The fraction of sp³-hybridized carbons (Fsp3) is 0.280. The third-order valence-corrected chi connectivity index (χ3v) is 5.24. The molecule has 0 saturated carbocycles. The molecule has 0 aliphatic carbocycles. The van der Waals surface area contributed by atoms with Gasteiger partial charge < -0.3 is 24.8 Å². The molecule has 3 aromatic rings. The average molecular weight is 518 g/mol. The molecule has 1 aromatic heterocycles. The Morgan fingerprint density at radius 1 is 0.973 bits per heavy atom. The predicted molar refractivity (Wildman–Crippen MR) is 126 cm³/mol. The first-order valence-electron chi connectivity index (χ1n) is 10.9. The van der Waals surface area contributed by atoms with Gasteiger partial charge in [0.15, 0.2) is 0 Å². The van der Waals surface area contributed by atoms with Crippen molar-refractivity contribution in [3.8, 4) is 17.2 Å². The summed E-state index contributed by atoms with van der Waals surface area (Å²) in [5, 5.41) is 5.36. The molecule has 196 valence electrons. The zero-order valence-corrected chi connectivity index (χ0v) is 20.3. The normalized spacial score (nSPS) is 12.8. The molecule has 3 rings (SSSR count). The molecule has 0 aliphatic rings. The van der Waals surface area contributed by atoms with Crippen LogP contribution in [0.4, 0.5) is 13.2 Å². The van der Waals surface area contributed by atoms with Crippen molar-refractivity contribution in [2.75, 3.05) is 20.8 Å². The Kier molecular flexibility index (Phi) is 8.66. The van der Waals surface area contributed by atoms with E-state index in [0.717, 1.165) is 6.07 Å². The van der Waals surface area contributed by atoms with Crippen LogP contribution in [0.1, 0.15) is 28.4 Å². The number of hydrogen-bond donors (Lipinski definition) is 2. The molecule has 0 aliphatic heterocycles. The Morgan fingerprint density at radius 2 is 1.62 bits per heavy atom. The number of methoxy groups -OCH3 is 2. The zero-order valence-electron chi connectivity index (χ0n) is 20.3. The molecule has 9 nitrogen and oxygen atoms in total. The van der Waals surface area contributed by atoms with Crippen molar-refractivity contribution in [2.45, 2.75) is 25.2 Å². The molecular formula is C25H25F3N4O5. The summed E-state index contributed by atoms with van der Waals surface area (Å²) in [5.41, 5.74) is -1.54. The Labute approximate surface area is 211 Å². The maximum absolute atomic E-state index is 13.4. The van der Waals surface area contributed by atoms with Crippen LogP contribution in [0.3, 0.4) is 0 Å². The van der Waals surface area contributed by atoms with E-state index in [4.69, 9.17) is 14.2 Å². The Hall–Kier alpha value is -4.19. The molecule has 1 heterocycles. The van der Waals surface area contributed by atoms with Crippen LogP contribution in [-0.4, -0.2) is 48.1 Å². The highest BCUT2D eigenvalue weighted by molar-refractivity contribution is 5.98. The van der Waals surface area contributed by atoms with E-state index in [0.29, 0.717) is 5.56 Å². The first-order valence-corrected chi connectivity index (χ1v) is 10.9. The highest BCUT2D eigenvalue weighted by atomic mass is 19.4. The van der Waals surface area contributed by atoms with Gasteiger partial charge in [-0.2, -0.15) is 13.2 Å². The largest absolute Gasteiger partial charge is 0.497 e. The number of ether oxygens (including phenoxy) is 3. The SMILES string of the molecule is COC[C@@](C)(NC(=O)c1cncnc1)C(=O)NCc1ccc(Oc2ccc(OC)cc2C(F)(F)F)cc1. The van der Waals surface area contributed by atoms with Gasteiger partial charge in [0.1, 0.15) is 34.7 Å². The Balaban J connectivity index is 1.65. The second-order valence-electron chi connectivity index (χ2n) is 8.13. The average Bonchev–Trinajstić information content (AvgIpc) is 2.88. The number of carbonyl (C=O) groups is 2. The molecular weight excluding hydrogens is 493 g/mol. The van der Waals surface area contributed by atoms with Crippen LogP contribution in [0, 0.1) is 0 Å². The van der Waals surface area contributed by atoms with E-state index < -0.39 is 29.1 Å². The monoisotopic (exact) mass is 518 g/mol. The van der Waals surface area contributed by atoms with Gasteiger partial charge in [-0.1, -0.05) is 12.1 Å². The van der Waals surface area contributed by atoms with Crippen LogP contribution >= 0.6 is 0 Å². The zero-order chi connectivity index (χ0) is 27.1. The highest BCUT2D eigenvalue weighted by Crippen LogP contribution is 2.40. The fourth-order valence-corrected chi connectivity index (χ4v) is 3.31. The summed E-state index contributed by atoms with van der Waals surface area (Å²) in [5.74, 6) is -1.20. The number of benzene rings is 2. The van der Waals surface area contributed by atoms with Crippen molar-refractivity contribution in [1.29, 1.82) is 0 Å². The summed E-state index contributed by atoms with van der Waals surface area (Å²) in [6, 6.07) is 9.58. The van der Waals surface area contributed by atoms with Crippen molar-refractivity contribution in [1.82, 2.24) is 20.6 Å². The minimum absolute atomic E-state index is 0.0551. The van der Waals surface area contributed by atoms with Gasteiger partial charge >= 0.3 is 6.18 Å². The van der Waals surface area contributed by atoms with Crippen LogP contribution in [-0.2, 0) is 22.3 Å². The second-order valence-corrected chi connectivity index (χ2v) is 8.13. The maximum atomic E-state index is 13.4. The number of halogens is 3. The molecule has 0 unspecified atom stereocenters. The molecule has 37 heavy (non-hydrogen) atoms. The molecule has 0 saturated heterocycles. The second kappa shape index (κ2) is 11.7. The van der Waals surface area contributed by atoms with Gasteiger partial charge in [-0.15, -0.1) is 0 Å². The van der Waals surface area contributed by atoms with Crippen LogP contribution in [0.15, 0.2) is 61.2 Å². The summed E-state index contributed by atoms with van der Waals surface area (Å²) >= 11 is 0. The summed E-state index contributed by atoms with van der Waals surface area (Å²) in [6.07, 6.45) is -0.715. The van der Waals surface area contributed by atoms with E-state index in [-0.39, 0.29) is 36.0 Å². The lowest BCUT2D eigenvalue weighted by atomic mass is 10.0. The summed E-state index contributed by atoms with van der Waals surface area (Å²) in [7, 11) is 2.67. The predicted octanol–water partition coefficient (Wildman–Crippen LogP) is 3.75. The number of alkyl halides is 3. The number of nitrogens with zero attached hydrogens (tertiary/aromatic N) is 2. The molecule has 0 spiro atoms. The van der Waals surface area contributed by atoms with Gasteiger partial charge in [-0.05, 0) is 42.8 Å². The van der Waals surface area contributed by atoms with Gasteiger partial charge in [0.05, 0.1) is 19.3 Å². The van der Waals surface area contributed by atoms with E-state index in [9.17, 15) is 22.8 Å². The third kappa shape index (κ3) is 7.17. The number of rotatable bonds is 10. The standard InChI is InChI=1S/C25H25F3N4O5/c1-24(14-35-2,32-22(33)17-12-29-15-30-13-17)23(34)31-11-16-4-6-18(7-5-16)37-21-9-8-19(36-3)10-20(21)25(26,27)28/h4-10,12-13,15H,11,14H2,1-3H3,(H,31,34)(H,32,33)/t24-/m1/s1. The molecule has 0 bridgehead atoms. The molecule has 2 amide bonds. The fourth-order valence-electron chi connectivity index (χ4n) is 3.31. The van der Waals surface area contributed by atoms with Crippen molar-refractivity contribution < 1.29 is 37.0 Å². The molecule has 0 radical (unpaired) electrons. The summed E-state index contributed by atoms with van der Waals surface area (Å²) in [6.45, 7) is 1.49. The molecule has 0 fully saturated rings. The van der Waals surface area contributed by atoms with E-state index in [1.165, 1.54) is 64.1 Å². The van der Waals surface area contributed by atoms with Gasteiger partial charge in [0.25, 0.3) is 5.91 Å². The van der Waals surface area contributed by atoms with Gasteiger partial charge in [0.2, 0.25) is 5.91 Å². The van der Waals surface area contributed by atoms with Crippen molar-refractivity contribution in [3.05, 3.63) is 77.9 Å². The number of nitrogens with one attached hydrogen (secondary N) is 2. The van der Waals surface area contributed by atoms with Crippen LogP contribution < -0.4 is 20.1 Å². The third-order valence-electron chi connectivity index (χ3n) is 5.24. The minimum atomic E-state index is -4.63. The van der Waals surface area contributed by atoms with Crippen LogP contribution in [0.5, 0.6) is 17.2 Å². The van der Waals surface area contributed by atoms with E-state index >= 15 is 0 Å². The van der Waals surface area contributed by atoms with Gasteiger partial charge in [0, 0.05) is 26.0 Å². The smallest absolute Gasteiger partial charge is 0.420 e. The molecule has 2 aromatic carbocycles. The molecule has 1 atom stereocenters. The first kappa shape index (κ1) is 27.4. The van der Waals surface area contributed by atoms with E-state index in [1.54, 1.807) is 12.1 Å². The molecule has 12 heteroatoms. The Morgan fingerprint density at radius 3 is 2.22 bits per heavy atom. The minimum Gasteiger partial charge on any atom is -0.497 e. The summed E-state index contributed by atoms with van der Waals surface area (Å²) in [4.78, 5) is 33.0. The van der Waals surface area contributed by atoms with Gasteiger partial charge in [-0.3, -0.25) is 9.59 Å². The van der Waals surface area contributed by atoms with Gasteiger partial charge in [-0.25, -0.2) is 9.97 Å². The number of amides is 2. The number of aromatic nitrogens is 2. The lowest BCUT2D eigenvalue weighted by molar-refractivity contribution is -0.138. The number of hydrogen-bond acceptors (Lipinski definition) is 7. The maximum Gasteiger partial charge on any atom is 0.420 e. The summed E-state index contributed by atoms with van der Waals surface area (Å²) < 4.78 is 55.7. The van der Waals surface area contributed by atoms with Crippen molar-refractivity contribution >= 4 is 11.8 Å². The highest BCUT2D eigenvalue weighted by Gasteiger charge is 2.36. The molecule has 2 N–H and O–H groups in total.